The van der Waals surface area contributed by atoms with E-state index in [0.29, 0.717) is 32.3 Å². The Morgan fingerprint density at radius 1 is 1.38 bits per heavy atom. The fourth-order valence-corrected chi connectivity index (χ4v) is 3.30. The number of morpholine rings is 1. The number of rotatable bonds is 5. The van der Waals surface area contributed by atoms with Crippen LogP contribution in [0, 0.1) is 5.92 Å². The number of aliphatic hydroxyl groups excluding tert-OH is 1. The van der Waals surface area contributed by atoms with E-state index < -0.39 is 0 Å². The summed E-state index contributed by atoms with van der Waals surface area (Å²) >= 11 is 0. The minimum atomic E-state index is -0.278. The minimum absolute atomic E-state index is 0.0457. The molecule has 0 saturated carbocycles. The summed E-state index contributed by atoms with van der Waals surface area (Å²) in [6, 6.07) is 7.76. The van der Waals surface area contributed by atoms with E-state index in [1.165, 1.54) is 5.56 Å². The van der Waals surface area contributed by atoms with Crippen LogP contribution in [0.25, 0.3) is 0 Å². The van der Waals surface area contributed by atoms with Crippen molar-refractivity contribution < 1.29 is 14.6 Å². The molecule has 1 aromatic rings. The van der Waals surface area contributed by atoms with Gasteiger partial charge in [-0.1, -0.05) is 12.1 Å². The molecular weight excluding hydrogens is 306 g/mol. The zero-order valence-electron chi connectivity index (χ0n) is 14.0. The van der Waals surface area contributed by atoms with E-state index in [1.807, 2.05) is 18.2 Å². The van der Waals surface area contributed by atoms with Crippen molar-refractivity contribution in [2.75, 3.05) is 44.8 Å². The maximum atomic E-state index is 12.3. The maximum Gasteiger partial charge on any atom is 0.243 e. The van der Waals surface area contributed by atoms with Crippen LogP contribution < -0.4 is 10.6 Å². The number of hydrogen-bond donors (Lipinski definition) is 3. The molecule has 24 heavy (non-hydrogen) atoms. The molecule has 1 atom stereocenters. The van der Waals surface area contributed by atoms with Crippen LogP contribution in [0.1, 0.15) is 18.4 Å². The highest BCUT2D eigenvalue weighted by Gasteiger charge is 2.21. The molecule has 0 aromatic heterocycles. The van der Waals surface area contributed by atoms with Crippen LogP contribution in [0.2, 0.25) is 0 Å². The van der Waals surface area contributed by atoms with Crippen molar-refractivity contribution in [3.63, 3.8) is 0 Å². The van der Waals surface area contributed by atoms with Gasteiger partial charge in [0.1, 0.15) is 6.04 Å². The first kappa shape index (κ1) is 17.4. The highest BCUT2D eigenvalue weighted by molar-refractivity contribution is 5.95. The molecule has 2 heterocycles. The molecule has 0 radical (unpaired) electrons. The Bertz CT molecular complexity index is 538. The van der Waals surface area contributed by atoms with Crippen LogP contribution in [0.3, 0.4) is 0 Å². The van der Waals surface area contributed by atoms with Crippen molar-refractivity contribution >= 4 is 11.6 Å². The standard InChI is InChI=1S/C18H27N3O3/c22-12-14-4-7-21(8-5-14)11-15-2-1-3-16(10-15)20-18(23)17-13-24-9-6-19-17/h1-3,10,14,17,19,22H,4-9,11-13H2,(H,20,23). The van der Waals surface area contributed by atoms with E-state index in [2.05, 4.69) is 21.6 Å². The minimum Gasteiger partial charge on any atom is -0.396 e. The number of carbonyl (C=O) groups is 1. The molecule has 3 rings (SSSR count). The van der Waals surface area contributed by atoms with Crippen molar-refractivity contribution in [2.45, 2.75) is 25.4 Å². The molecule has 1 unspecified atom stereocenters. The topological polar surface area (TPSA) is 73.8 Å². The van der Waals surface area contributed by atoms with Crippen LogP contribution in [0.5, 0.6) is 0 Å². The van der Waals surface area contributed by atoms with Crippen LogP contribution in [-0.2, 0) is 16.1 Å². The largest absolute Gasteiger partial charge is 0.396 e. The molecular formula is C18H27N3O3. The third kappa shape index (κ3) is 4.77. The Kier molecular flexibility index (Phi) is 6.20. The molecule has 6 nitrogen and oxygen atoms in total. The fraction of sp³-hybridized carbons (Fsp3) is 0.611. The first-order valence-corrected chi connectivity index (χ1v) is 8.79. The van der Waals surface area contributed by atoms with Crippen molar-refractivity contribution in [1.29, 1.82) is 0 Å². The number of nitrogens with zero attached hydrogens (tertiary/aromatic N) is 1. The number of benzene rings is 1. The number of aliphatic hydroxyl groups is 1. The van der Waals surface area contributed by atoms with E-state index in [9.17, 15) is 9.90 Å². The van der Waals surface area contributed by atoms with Gasteiger partial charge in [-0.05, 0) is 49.5 Å². The molecule has 132 valence electrons. The van der Waals surface area contributed by atoms with Gasteiger partial charge in [-0.15, -0.1) is 0 Å². The molecule has 2 saturated heterocycles. The predicted molar refractivity (Wildman–Crippen MR) is 92.8 cm³/mol. The number of likely N-dealkylation sites (tertiary alicyclic amines) is 1. The lowest BCUT2D eigenvalue weighted by Gasteiger charge is -2.31. The van der Waals surface area contributed by atoms with Gasteiger partial charge in [-0.25, -0.2) is 0 Å². The molecule has 1 aromatic carbocycles. The molecule has 1 amide bonds. The number of piperidine rings is 1. The highest BCUT2D eigenvalue weighted by atomic mass is 16.5. The normalized spacial score (nSPS) is 23.1. The summed E-state index contributed by atoms with van der Waals surface area (Å²) in [6.07, 6.45) is 2.11. The molecule has 0 spiro atoms. The molecule has 0 bridgehead atoms. The SMILES string of the molecule is O=C(Nc1cccc(CN2CCC(CO)CC2)c1)C1COCCN1. The molecule has 3 N–H and O–H groups in total. The summed E-state index contributed by atoms with van der Waals surface area (Å²) in [5, 5.41) is 15.4. The predicted octanol–water partition coefficient (Wildman–Crippen LogP) is 0.818. The molecule has 0 aliphatic carbocycles. The summed E-state index contributed by atoms with van der Waals surface area (Å²) in [5.41, 5.74) is 2.03. The Balaban J connectivity index is 1.53. The van der Waals surface area contributed by atoms with Crippen molar-refractivity contribution in [2.24, 2.45) is 5.92 Å². The van der Waals surface area contributed by atoms with Gasteiger partial charge in [-0.2, -0.15) is 0 Å². The Labute approximate surface area is 143 Å². The van der Waals surface area contributed by atoms with E-state index in [1.54, 1.807) is 0 Å². The van der Waals surface area contributed by atoms with Gasteiger partial charge in [0.25, 0.3) is 0 Å². The fourth-order valence-electron chi connectivity index (χ4n) is 3.30. The Morgan fingerprint density at radius 2 is 2.21 bits per heavy atom. The number of amides is 1. The lowest BCUT2D eigenvalue weighted by atomic mass is 9.97. The first-order chi connectivity index (χ1) is 11.7. The smallest absolute Gasteiger partial charge is 0.243 e. The summed E-state index contributed by atoms with van der Waals surface area (Å²) in [5.74, 6) is 0.410. The molecule has 2 fully saturated rings. The van der Waals surface area contributed by atoms with Gasteiger partial charge in [-0.3, -0.25) is 9.69 Å². The average Bonchev–Trinajstić information content (AvgIpc) is 2.63. The van der Waals surface area contributed by atoms with Crippen molar-refractivity contribution in [3.05, 3.63) is 29.8 Å². The van der Waals surface area contributed by atoms with Gasteiger partial charge in [0, 0.05) is 25.4 Å². The molecule has 2 aliphatic heterocycles. The summed E-state index contributed by atoms with van der Waals surface area (Å²) < 4.78 is 5.34. The zero-order chi connectivity index (χ0) is 16.8. The number of anilines is 1. The van der Waals surface area contributed by atoms with Gasteiger partial charge in [0.15, 0.2) is 0 Å². The summed E-state index contributed by atoms with van der Waals surface area (Å²) in [7, 11) is 0. The number of ether oxygens (including phenoxy) is 1. The molecule has 2 aliphatic rings. The third-order valence-electron chi connectivity index (χ3n) is 4.80. The molecule has 6 heteroatoms. The van der Waals surface area contributed by atoms with Crippen molar-refractivity contribution in [3.8, 4) is 0 Å². The van der Waals surface area contributed by atoms with Gasteiger partial charge >= 0.3 is 0 Å². The van der Waals surface area contributed by atoms with E-state index in [-0.39, 0.29) is 11.9 Å². The lowest BCUT2D eigenvalue weighted by molar-refractivity contribution is -0.120. The number of nitrogens with one attached hydrogen (secondary N) is 2. The van der Waals surface area contributed by atoms with E-state index in [4.69, 9.17) is 4.74 Å². The second kappa shape index (κ2) is 8.58. The third-order valence-corrected chi connectivity index (χ3v) is 4.80. The van der Waals surface area contributed by atoms with Gasteiger partial charge in [0.2, 0.25) is 5.91 Å². The summed E-state index contributed by atoms with van der Waals surface area (Å²) in [4.78, 5) is 14.7. The average molecular weight is 333 g/mol. The lowest BCUT2D eigenvalue weighted by Crippen LogP contribution is -2.48. The second-order valence-corrected chi connectivity index (χ2v) is 6.67. The van der Waals surface area contributed by atoms with Gasteiger partial charge < -0.3 is 20.5 Å². The first-order valence-electron chi connectivity index (χ1n) is 8.79. The van der Waals surface area contributed by atoms with Crippen molar-refractivity contribution in [1.82, 2.24) is 10.2 Å². The Hall–Kier alpha value is -1.47. The van der Waals surface area contributed by atoms with Crippen LogP contribution >= 0.6 is 0 Å². The maximum absolute atomic E-state index is 12.3. The monoisotopic (exact) mass is 333 g/mol. The van der Waals surface area contributed by atoms with Crippen LogP contribution in [0.15, 0.2) is 24.3 Å². The Morgan fingerprint density at radius 3 is 2.92 bits per heavy atom. The highest BCUT2D eigenvalue weighted by Crippen LogP contribution is 2.19. The number of hydrogen-bond acceptors (Lipinski definition) is 5. The quantitative estimate of drug-likeness (QED) is 0.744. The second-order valence-electron chi connectivity index (χ2n) is 6.67. The summed E-state index contributed by atoms with van der Waals surface area (Å²) in [6.45, 7) is 5.01. The number of carbonyl (C=O) groups excluding carboxylic acids is 1. The van der Waals surface area contributed by atoms with Crippen LogP contribution in [0.4, 0.5) is 5.69 Å². The zero-order valence-corrected chi connectivity index (χ0v) is 14.0. The van der Waals surface area contributed by atoms with Crippen LogP contribution in [-0.4, -0.2) is 61.4 Å². The van der Waals surface area contributed by atoms with E-state index in [0.717, 1.165) is 38.2 Å². The van der Waals surface area contributed by atoms with E-state index >= 15 is 0 Å². The van der Waals surface area contributed by atoms with Gasteiger partial charge in [0.05, 0.1) is 13.2 Å².